The minimum absolute atomic E-state index is 0.202. The number of rotatable bonds is 3. The summed E-state index contributed by atoms with van der Waals surface area (Å²) in [7, 11) is 0. The molecule has 5 heteroatoms. The molecular weight excluding hydrogens is 190 g/mol. The molecule has 0 amide bonds. The topological polar surface area (TPSA) is 89.8 Å². The van der Waals surface area contributed by atoms with Crippen molar-refractivity contribution >= 4 is 17.6 Å². The van der Waals surface area contributed by atoms with Crippen LogP contribution in [0.2, 0.25) is 0 Å². The molecule has 0 unspecified atom stereocenters. The third-order valence-electron chi connectivity index (χ3n) is 1.94. The first-order valence-electron chi connectivity index (χ1n) is 5.01. The Hall–Kier alpha value is -1.52. The van der Waals surface area contributed by atoms with Gasteiger partial charge in [-0.25, -0.2) is 0 Å². The number of aromatic nitrogens is 2. The zero-order chi connectivity index (χ0) is 11.5. The average molecular weight is 209 g/mol. The summed E-state index contributed by atoms with van der Waals surface area (Å²) in [4.78, 5) is 7.82. The quantitative estimate of drug-likeness (QED) is 0.701. The molecule has 5 N–H and O–H groups in total. The molecule has 5 nitrogen and oxygen atoms in total. The average Bonchev–Trinajstić information content (AvgIpc) is 1.99. The largest absolute Gasteiger partial charge is 0.383 e. The lowest BCUT2D eigenvalue weighted by atomic mass is 9.92. The van der Waals surface area contributed by atoms with Gasteiger partial charge in [-0.15, -0.1) is 0 Å². The van der Waals surface area contributed by atoms with Gasteiger partial charge in [0.1, 0.15) is 11.6 Å². The number of nitrogens with two attached hydrogens (primary N) is 2. The van der Waals surface area contributed by atoms with E-state index < -0.39 is 0 Å². The summed E-state index contributed by atoms with van der Waals surface area (Å²) in [6.07, 6.45) is 1.05. The highest BCUT2D eigenvalue weighted by Gasteiger charge is 2.09. The number of nitrogen functional groups attached to an aromatic ring is 2. The molecule has 0 radical (unpaired) electrons. The lowest BCUT2D eigenvalue weighted by Gasteiger charge is -2.18. The van der Waals surface area contributed by atoms with Crippen LogP contribution in [0.25, 0.3) is 0 Å². The van der Waals surface area contributed by atoms with Crippen molar-refractivity contribution in [3.63, 3.8) is 0 Å². The van der Waals surface area contributed by atoms with Crippen molar-refractivity contribution in [3.05, 3.63) is 6.07 Å². The summed E-state index contributed by atoms with van der Waals surface area (Å²) in [5.74, 6) is 1.28. The van der Waals surface area contributed by atoms with Crippen molar-refractivity contribution in [1.29, 1.82) is 0 Å². The molecule has 1 heterocycles. The molecule has 0 aromatic carbocycles. The third-order valence-corrected chi connectivity index (χ3v) is 1.94. The van der Waals surface area contributed by atoms with E-state index in [0.29, 0.717) is 17.1 Å². The fourth-order valence-corrected chi connectivity index (χ4v) is 1.14. The molecule has 0 aliphatic carbocycles. The van der Waals surface area contributed by atoms with Gasteiger partial charge in [0.25, 0.3) is 0 Å². The Morgan fingerprint density at radius 1 is 1.27 bits per heavy atom. The van der Waals surface area contributed by atoms with Crippen molar-refractivity contribution in [2.24, 2.45) is 5.41 Å². The Balaban J connectivity index is 2.51. The fourth-order valence-electron chi connectivity index (χ4n) is 1.14. The van der Waals surface area contributed by atoms with Crippen molar-refractivity contribution < 1.29 is 0 Å². The molecule has 0 spiro atoms. The number of nitrogens with one attached hydrogen (secondary N) is 1. The van der Waals surface area contributed by atoms with Crippen molar-refractivity contribution in [1.82, 2.24) is 9.97 Å². The van der Waals surface area contributed by atoms with Gasteiger partial charge >= 0.3 is 0 Å². The van der Waals surface area contributed by atoms with Crippen LogP contribution in [0.4, 0.5) is 17.6 Å². The number of hydrogen-bond donors (Lipinski definition) is 3. The highest BCUT2D eigenvalue weighted by Crippen LogP contribution is 2.18. The van der Waals surface area contributed by atoms with E-state index in [9.17, 15) is 0 Å². The molecule has 0 atom stereocenters. The SMILES string of the molecule is CC(C)(C)CCNc1cc(N)nc(N)n1. The lowest BCUT2D eigenvalue weighted by molar-refractivity contribution is 0.389. The van der Waals surface area contributed by atoms with E-state index in [1.54, 1.807) is 6.07 Å². The molecule has 0 saturated heterocycles. The van der Waals surface area contributed by atoms with Crippen LogP contribution >= 0.6 is 0 Å². The summed E-state index contributed by atoms with van der Waals surface area (Å²) in [6.45, 7) is 7.42. The Morgan fingerprint density at radius 2 is 1.93 bits per heavy atom. The molecule has 1 rings (SSSR count). The predicted octanol–water partition coefficient (Wildman–Crippen LogP) is 1.49. The maximum absolute atomic E-state index is 5.55. The first-order valence-corrected chi connectivity index (χ1v) is 5.01. The standard InChI is InChI=1S/C10H19N5/c1-10(2,3)4-5-13-8-6-7(11)14-9(12)15-8/h6H,4-5H2,1-3H3,(H5,11,12,13,14,15). The molecule has 0 bridgehead atoms. The predicted molar refractivity (Wildman–Crippen MR) is 63.4 cm³/mol. The van der Waals surface area contributed by atoms with Gasteiger partial charge in [-0.3, -0.25) is 0 Å². The molecule has 0 aliphatic heterocycles. The second kappa shape index (κ2) is 4.33. The minimum atomic E-state index is 0.202. The molecule has 1 aromatic rings. The summed E-state index contributed by atoms with van der Waals surface area (Å²) in [6, 6.07) is 1.68. The van der Waals surface area contributed by atoms with Crippen LogP contribution in [0.1, 0.15) is 27.2 Å². The maximum Gasteiger partial charge on any atom is 0.223 e. The van der Waals surface area contributed by atoms with E-state index in [1.165, 1.54) is 0 Å². The monoisotopic (exact) mass is 209 g/mol. The van der Waals surface area contributed by atoms with Gasteiger partial charge in [-0.05, 0) is 11.8 Å². The van der Waals surface area contributed by atoms with E-state index in [4.69, 9.17) is 11.5 Å². The van der Waals surface area contributed by atoms with Gasteiger partial charge in [0.2, 0.25) is 5.95 Å². The van der Waals surface area contributed by atoms with Crippen LogP contribution < -0.4 is 16.8 Å². The molecule has 0 aliphatic rings. The minimum Gasteiger partial charge on any atom is -0.383 e. The van der Waals surface area contributed by atoms with Crippen molar-refractivity contribution in [2.45, 2.75) is 27.2 Å². The van der Waals surface area contributed by atoms with Gasteiger partial charge in [-0.2, -0.15) is 9.97 Å². The Kier molecular flexibility index (Phi) is 3.34. The number of nitrogens with zero attached hydrogens (tertiary/aromatic N) is 2. The van der Waals surface area contributed by atoms with Crippen LogP contribution in [0.3, 0.4) is 0 Å². The summed E-state index contributed by atoms with van der Waals surface area (Å²) >= 11 is 0. The van der Waals surface area contributed by atoms with Crippen LogP contribution in [0.5, 0.6) is 0 Å². The third kappa shape index (κ3) is 4.49. The van der Waals surface area contributed by atoms with Crippen LogP contribution in [0, 0.1) is 5.41 Å². The maximum atomic E-state index is 5.55. The normalized spacial score (nSPS) is 11.4. The summed E-state index contributed by atoms with van der Waals surface area (Å²) < 4.78 is 0. The fraction of sp³-hybridized carbons (Fsp3) is 0.600. The smallest absolute Gasteiger partial charge is 0.223 e. The van der Waals surface area contributed by atoms with E-state index >= 15 is 0 Å². The number of hydrogen-bond acceptors (Lipinski definition) is 5. The van der Waals surface area contributed by atoms with Crippen molar-refractivity contribution in [2.75, 3.05) is 23.3 Å². The highest BCUT2D eigenvalue weighted by molar-refractivity contribution is 5.48. The molecule has 15 heavy (non-hydrogen) atoms. The molecule has 1 aromatic heterocycles. The highest BCUT2D eigenvalue weighted by atomic mass is 15.1. The second-order valence-electron chi connectivity index (χ2n) is 4.77. The van der Waals surface area contributed by atoms with E-state index in [0.717, 1.165) is 13.0 Å². The number of anilines is 3. The van der Waals surface area contributed by atoms with Gasteiger partial charge < -0.3 is 16.8 Å². The van der Waals surface area contributed by atoms with Gasteiger partial charge in [0.05, 0.1) is 0 Å². The van der Waals surface area contributed by atoms with Gasteiger partial charge in [-0.1, -0.05) is 20.8 Å². The van der Waals surface area contributed by atoms with E-state index in [1.807, 2.05) is 0 Å². The molecule has 84 valence electrons. The Bertz CT molecular complexity index is 309. The van der Waals surface area contributed by atoms with Gasteiger partial charge in [0, 0.05) is 12.6 Å². The summed E-state index contributed by atoms with van der Waals surface area (Å²) in [5, 5.41) is 3.17. The molecule has 0 fully saturated rings. The zero-order valence-electron chi connectivity index (χ0n) is 9.54. The van der Waals surface area contributed by atoms with Gasteiger partial charge in [0.15, 0.2) is 0 Å². The van der Waals surface area contributed by atoms with E-state index in [2.05, 4.69) is 36.1 Å². The Labute approximate surface area is 90.3 Å². The summed E-state index contributed by atoms with van der Waals surface area (Å²) in [5.41, 5.74) is 11.3. The second-order valence-corrected chi connectivity index (χ2v) is 4.77. The van der Waals surface area contributed by atoms with Crippen molar-refractivity contribution in [3.8, 4) is 0 Å². The van der Waals surface area contributed by atoms with E-state index in [-0.39, 0.29) is 5.95 Å². The molecular formula is C10H19N5. The van der Waals surface area contributed by atoms with Crippen LogP contribution in [-0.4, -0.2) is 16.5 Å². The Morgan fingerprint density at radius 3 is 2.47 bits per heavy atom. The van der Waals surface area contributed by atoms with Crippen LogP contribution in [0.15, 0.2) is 6.07 Å². The van der Waals surface area contributed by atoms with Crippen LogP contribution in [-0.2, 0) is 0 Å². The lowest BCUT2D eigenvalue weighted by Crippen LogP contribution is -2.14. The first kappa shape index (κ1) is 11.6. The molecule has 0 saturated carbocycles. The first-order chi connectivity index (χ1) is 6.87. The zero-order valence-corrected chi connectivity index (χ0v) is 9.54.